The van der Waals surface area contributed by atoms with Crippen LogP contribution in [0.15, 0.2) is 30.3 Å². The molecular formula is C14H22N2O2. The molecule has 4 nitrogen and oxygen atoms in total. The Morgan fingerprint density at radius 1 is 1.39 bits per heavy atom. The van der Waals surface area contributed by atoms with Crippen LogP contribution in [-0.2, 0) is 9.53 Å². The zero-order valence-electron chi connectivity index (χ0n) is 11.3. The maximum atomic E-state index is 12.3. The van der Waals surface area contributed by atoms with E-state index in [0.29, 0.717) is 13.2 Å². The lowest BCUT2D eigenvalue weighted by Crippen LogP contribution is -2.37. The molecule has 18 heavy (non-hydrogen) atoms. The number of nitrogens with zero attached hydrogens (tertiary/aromatic N) is 1. The number of ether oxygens (including phenoxy) is 1. The minimum atomic E-state index is -0.502. The zero-order chi connectivity index (χ0) is 13.4. The molecular weight excluding hydrogens is 228 g/mol. The molecule has 0 spiro atoms. The van der Waals surface area contributed by atoms with Crippen molar-refractivity contribution in [3.05, 3.63) is 35.9 Å². The van der Waals surface area contributed by atoms with Crippen molar-refractivity contribution < 1.29 is 9.53 Å². The second-order valence-corrected chi connectivity index (χ2v) is 4.11. The highest BCUT2D eigenvalue weighted by atomic mass is 16.5. The van der Waals surface area contributed by atoms with Gasteiger partial charge in [-0.3, -0.25) is 4.79 Å². The molecule has 100 valence electrons. The van der Waals surface area contributed by atoms with E-state index in [2.05, 4.69) is 5.32 Å². The summed E-state index contributed by atoms with van der Waals surface area (Å²) >= 11 is 0. The highest BCUT2D eigenvalue weighted by Crippen LogP contribution is 2.19. The van der Waals surface area contributed by atoms with E-state index in [1.807, 2.05) is 44.3 Å². The summed E-state index contributed by atoms with van der Waals surface area (Å²) in [6.07, 6.45) is -0.502. The first-order valence-electron chi connectivity index (χ1n) is 6.26. The summed E-state index contributed by atoms with van der Waals surface area (Å²) in [5.41, 5.74) is 0.903. The fraction of sp³-hybridized carbons (Fsp3) is 0.500. The molecule has 0 fully saturated rings. The zero-order valence-corrected chi connectivity index (χ0v) is 11.3. The van der Waals surface area contributed by atoms with Crippen LogP contribution in [0.5, 0.6) is 0 Å². The summed E-state index contributed by atoms with van der Waals surface area (Å²) < 4.78 is 5.58. The topological polar surface area (TPSA) is 41.6 Å². The molecule has 1 aromatic rings. The van der Waals surface area contributed by atoms with Crippen LogP contribution in [0.25, 0.3) is 0 Å². The molecule has 0 bridgehead atoms. The van der Waals surface area contributed by atoms with Gasteiger partial charge in [-0.25, -0.2) is 0 Å². The summed E-state index contributed by atoms with van der Waals surface area (Å²) in [5, 5.41) is 3.03. The van der Waals surface area contributed by atoms with Gasteiger partial charge in [0.15, 0.2) is 6.10 Å². The van der Waals surface area contributed by atoms with Gasteiger partial charge in [0.25, 0.3) is 5.91 Å². The molecule has 0 heterocycles. The van der Waals surface area contributed by atoms with Crippen molar-refractivity contribution in [1.29, 1.82) is 0 Å². The van der Waals surface area contributed by atoms with E-state index < -0.39 is 6.10 Å². The normalized spacial score (nSPS) is 12.2. The molecule has 1 amide bonds. The van der Waals surface area contributed by atoms with Gasteiger partial charge in [0.1, 0.15) is 0 Å². The van der Waals surface area contributed by atoms with Crippen molar-refractivity contribution in [3.63, 3.8) is 0 Å². The van der Waals surface area contributed by atoms with Crippen molar-refractivity contribution in [2.24, 2.45) is 0 Å². The van der Waals surface area contributed by atoms with E-state index in [4.69, 9.17) is 4.74 Å². The molecule has 1 aromatic carbocycles. The molecule has 0 radical (unpaired) electrons. The summed E-state index contributed by atoms with van der Waals surface area (Å²) in [4.78, 5) is 14.0. The minimum absolute atomic E-state index is 0.00157. The monoisotopic (exact) mass is 250 g/mol. The number of hydrogen-bond donors (Lipinski definition) is 1. The molecule has 1 rings (SSSR count). The van der Waals surface area contributed by atoms with Crippen LogP contribution in [-0.4, -0.2) is 44.6 Å². The van der Waals surface area contributed by atoms with Crippen LogP contribution in [0.1, 0.15) is 18.6 Å². The second-order valence-electron chi connectivity index (χ2n) is 4.11. The van der Waals surface area contributed by atoms with Gasteiger partial charge in [0.05, 0.1) is 0 Å². The molecule has 0 aromatic heterocycles. The van der Waals surface area contributed by atoms with Crippen LogP contribution in [0.3, 0.4) is 0 Å². The van der Waals surface area contributed by atoms with E-state index in [1.54, 1.807) is 11.9 Å². The Bertz CT molecular complexity index is 354. The summed E-state index contributed by atoms with van der Waals surface area (Å²) in [6.45, 7) is 3.86. The van der Waals surface area contributed by atoms with E-state index in [9.17, 15) is 4.79 Å². The average Bonchev–Trinajstić information content (AvgIpc) is 2.42. The summed E-state index contributed by atoms with van der Waals surface area (Å²) in [6, 6.07) is 9.61. The number of carbonyl (C=O) groups is 1. The minimum Gasteiger partial charge on any atom is -0.364 e. The summed E-state index contributed by atoms with van der Waals surface area (Å²) in [5.74, 6) is -0.00157. The first-order chi connectivity index (χ1) is 8.70. The van der Waals surface area contributed by atoms with Crippen LogP contribution < -0.4 is 5.32 Å². The predicted molar refractivity (Wildman–Crippen MR) is 72.4 cm³/mol. The van der Waals surface area contributed by atoms with Crippen molar-refractivity contribution >= 4 is 5.91 Å². The van der Waals surface area contributed by atoms with Gasteiger partial charge in [-0.05, 0) is 19.5 Å². The first kappa shape index (κ1) is 14.7. The number of likely N-dealkylation sites (N-methyl/N-ethyl adjacent to an activating group) is 2. The third kappa shape index (κ3) is 4.13. The van der Waals surface area contributed by atoms with Crippen molar-refractivity contribution in [2.75, 3.05) is 33.8 Å². The van der Waals surface area contributed by atoms with Crippen molar-refractivity contribution in [1.82, 2.24) is 10.2 Å². The Morgan fingerprint density at radius 2 is 2.06 bits per heavy atom. The third-order valence-corrected chi connectivity index (χ3v) is 2.73. The maximum Gasteiger partial charge on any atom is 0.256 e. The Kier molecular flexibility index (Phi) is 6.39. The lowest BCUT2D eigenvalue weighted by atomic mass is 10.1. The van der Waals surface area contributed by atoms with Gasteiger partial charge in [-0.2, -0.15) is 0 Å². The maximum absolute atomic E-state index is 12.3. The van der Waals surface area contributed by atoms with Gasteiger partial charge in [0, 0.05) is 26.7 Å². The number of carbonyl (C=O) groups excluding carboxylic acids is 1. The lowest BCUT2D eigenvalue weighted by Gasteiger charge is -2.24. The van der Waals surface area contributed by atoms with Crippen LogP contribution >= 0.6 is 0 Å². The quantitative estimate of drug-likeness (QED) is 0.796. The molecule has 0 saturated heterocycles. The Labute approximate surface area is 109 Å². The largest absolute Gasteiger partial charge is 0.364 e. The van der Waals surface area contributed by atoms with Gasteiger partial charge >= 0.3 is 0 Å². The Balaban J connectivity index is 2.75. The second kappa shape index (κ2) is 7.84. The first-order valence-corrected chi connectivity index (χ1v) is 6.26. The average molecular weight is 250 g/mol. The highest BCUT2D eigenvalue weighted by molar-refractivity contribution is 5.82. The number of hydrogen-bond acceptors (Lipinski definition) is 3. The van der Waals surface area contributed by atoms with Gasteiger partial charge in [-0.1, -0.05) is 30.3 Å². The number of benzene rings is 1. The van der Waals surface area contributed by atoms with Crippen LogP contribution in [0, 0.1) is 0 Å². The van der Waals surface area contributed by atoms with Gasteiger partial charge < -0.3 is 15.0 Å². The summed E-state index contributed by atoms with van der Waals surface area (Å²) in [7, 11) is 3.67. The van der Waals surface area contributed by atoms with E-state index in [0.717, 1.165) is 12.1 Å². The lowest BCUT2D eigenvalue weighted by molar-refractivity contribution is -0.142. The molecule has 1 unspecified atom stereocenters. The highest BCUT2D eigenvalue weighted by Gasteiger charge is 2.23. The fourth-order valence-corrected chi connectivity index (χ4v) is 1.69. The number of nitrogens with one attached hydrogen (secondary N) is 1. The molecule has 0 saturated carbocycles. The molecule has 0 aliphatic carbocycles. The van der Waals surface area contributed by atoms with Gasteiger partial charge in [-0.15, -0.1) is 0 Å². The SMILES string of the molecule is CCOC(C(=O)N(C)CCNC)c1ccccc1. The molecule has 0 aliphatic heterocycles. The van der Waals surface area contributed by atoms with E-state index in [1.165, 1.54) is 0 Å². The van der Waals surface area contributed by atoms with Crippen molar-refractivity contribution in [3.8, 4) is 0 Å². The predicted octanol–water partition coefficient (Wildman–Crippen LogP) is 1.44. The number of amides is 1. The van der Waals surface area contributed by atoms with Crippen molar-refractivity contribution in [2.45, 2.75) is 13.0 Å². The molecule has 1 atom stereocenters. The third-order valence-electron chi connectivity index (χ3n) is 2.73. The number of rotatable bonds is 7. The van der Waals surface area contributed by atoms with E-state index >= 15 is 0 Å². The smallest absolute Gasteiger partial charge is 0.256 e. The van der Waals surface area contributed by atoms with Crippen LogP contribution in [0.4, 0.5) is 0 Å². The van der Waals surface area contributed by atoms with E-state index in [-0.39, 0.29) is 5.91 Å². The molecule has 0 aliphatic rings. The Hall–Kier alpha value is -1.39. The molecule has 1 N–H and O–H groups in total. The fourth-order valence-electron chi connectivity index (χ4n) is 1.69. The molecule has 4 heteroatoms. The Morgan fingerprint density at radius 3 is 2.61 bits per heavy atom. The standard InChI is InChI=1S/C14H22N2O2/c1-4-18-13(12-8-6-5-7-9-12)14(17)16(3)11-10-15-2/h5-9,13,15H,4,10-11H2,1-3H3. The van der Waals surface area contributed by atoms with Gasteiger partial charge in [0.2, 0.25) is 0 Å². The van der Waals surface area contributed by atoms with Crippen LogP contribution in [0.2, 0.25) is 0 Å².